The average molecular weight is 355 g/mol. The highest BCUT2D eigenvalue weighted by atomic mass is 35.5. The summed E-state index contributed by atoms with van der Waals surface area (Å²) in [4.78, 5) is 23.4. The number of rotatable bonds is 4. The smallest absolute Gasteiger partial charge is 0.315 e. The van der Waals surface area contributed by atoms with Crippen LogP contribution in [-0.4, -0.2) is 22.8 Å². The topological polar surface area (TPSA) is 55.4 Å². The molecular weight excluding hydrogens is 344 g/mol. The molecular formula is C13H11Cl3FNO3. The van der Waals surface area contributed by atoms with E-state index in [-0.39, 0.29) is 17.1 Å². The highest BCUT2D eigenvalue weighted by Gasteiger charge is 2.69. The van der Waals surface area contributed by atoms with E-state index in [1.54, 1.807) is 6.92 Å². The fourth-order valence-corrected chi connectivity index (χ4v) is 2.59. The molecule has 0 radical (unpaired) electrons. The molecule has 8 heteroatoms. The highest BCUT2D eigenvalue weighted by molar-refractivity contribution is 6.53. The summed E-state index contributed by atoms with van der Waals surface area (Å²) in [7, 11) is 0. The number of hydrogen-bond donors (Lipinski definition) is 1. The molecule has 1 aromatic carbocycles. The maximum absolute atomic E-state index is 12.9. The van der Waals surface area contributed by atoms with E-state index in [4.69, 9.17) is 39.5 Å². The van der Waals surface area contributed by atoms with Gasteiger partial charge in [-0.15, -0.1) is 23.2 Å². The van der Waals surface area contributed by atoms with Crippen LogP contribution in [0, 0.1) is 11.2 Å². The Balaban J connectivity index is 1.87. The van der Waals surface area contributed by atoms with E-state index in [2.05, 4.69) is 5.32 Å². The molecule has 4 nitrogen and oxygen atoms in total. The van der Waals surface area contributed by atoms with Gasteiger partial charge in [0.15, 0.2) is 6.61 Å². The third-order valence-corrected chi connectivity index (χ3v) is 4.66. The lowest BCUT2D eigenvalue weighted by atomic mass is 10.1. The van der Waals surface area contributed by atoms with E-state index in [9.17, 15) is 14.0 Å². The minimum absolute atomic E-state index is 0.0457. The predicted octanol–water partition coefficient (Wildman–Crippen LogP) is 3.54. The summed E-state index contributed by atoms with van der Waals surface area (Å²) >= 11 is 17.4. The Bertz CT molecular complexity index is 608. The van der Waals surface area contributed by atoms with Gasteiger partial charge in [-0.3, -0.25) is 9.59 Å². The number of hydrogen-bond acceptors (Lipinski definition) is 3. The van der Waals surface area contributed by atoms with E-state index in [1.807, 2.05) is 0 Å². The molecule has 2 rings (SSSR count). The van der Waals surface area contributed by atoms with Gasteiger partial charge in [0.2, 0.25) is 0 Å². The van der Waals surface area contributed by atoms with E-state index in [0.717, 1.165) is 12.1 Å². The number of nitrogens with one attached hydrogen (secondary N) is 1. The first-order chi connectivity index (χ1) is 9.65. The van der Waals surface area contributed by atoms with Crippen LogP contribution in [0.2, 0.25) is 5.02 Å². The third kappa shape index (κ3) is 3.42. The highest BCUT2D eigenvalue weighted by Crippen LogP contribution is 2.64. The second-order valence-corrected chi connectivity index (χ2v) is 6.85. The Kier molecular flexibility index (Phi) is 4.38. The molecule has 1 fully saturated rings. The zero-order valence-electron chi connectivity index (χ0n) is 10.9. The van der Waals surface area contributed by atoms with Crippen LogP contribution >= 0.6 is 34.8 Å². The van der Waals surface area contributed by atoms with Crippen molar-refractivity contribution < 1.29 is 18.7 Å². The SMILES string of the molecule is CC1(C(=O)OCC(=O)Nc2ccc(F)cc2Cl)CC1(Cl)Cl. The predicted molar refractivity (Wildman–Crippen MR) is 78.2 cm³/mol. The summed E-state index contributed by atoms with van der Waals surface area (Å²) in [6, 6.07) is 3.51. The van der Waals surface area contributed by atoms with Gasteiger partial charge in [-0.05, 0) is 25.1 Å². The largest absolute Gasteiger partial charge is 0.455 e. The first-order valence-corrected chi connectivity index (χ1v) is 7.09. The summed E-state index contributed by atoms with van der Waals surface area (Å²) in [5.41, 5.74) is -0.773. The standard InChI is InChI=1S/C13H11Cl3FNO3/c1-12(6-13(12,15)16)11(20)21-5-10(19)18-9-3-2-7(17)4-8(9)14/h2-4H,5-6H2,1H3,(H,18,19). The number of ether oxygens (including phenoxy) is 1. The Morgan fingerprint density at radius 2 is 2.05 bits per heavy atom. The number of carbonyl (C=O) groups is 2. The van der Waals surface area contributed by atoms with Gasteiger partial charge in [0.25, 0.3) is 5.91 Å². The van der Waals surface area contributed by atoms with Gasteiger partial charge in [-0.25, -0.2) is 4.39 Å². The zero-order chi connectivity index (χ0) is 15.8. The maximum atomic E-state index is 12.9. The van der Waals surface area contributed by atoms with Crippen molar-refractivity contribution in [2.45, 2.75) is 17.7 Å². The van der Waals surface area contributed by atoms with Crippen molar-refractivity contribution in [1.82, 2.24) is 0 Å². The number of benzene rings is 1. The Labute approximate surface area is 135 Å². The van der Waals surface area contributed by atoms with Crippen molar-refractivity contribution in [3.05, 3.63) is 29.0 Å². The van der Waals surface area contributed by atoms with E-state index in [1.165, 1.54) is 6.07 Å². The molecule has 0 spiro atoms. The van der Waals surface area contributed by atoms with Crippen molar-refractivity contribution in [1.29, 1.82) is 0 Å². The minimum atomic E-state index is -1.15. The number of anilines is 1. The monoisotopic (exact) mass is 353 g/mol. The Morgan fingerprint density at radius 3 is 2.57 bits per heavy atom. The Hall–Kier alpha value is -1.04. The molecule has 1 saturated carbocycles. The summed E-state index contributed by atoms with van der Waals surface area (Å²) in [6.45, 7) is 1.05. The van der Waals surface area contributed by atoms with E-state index >= 15 is 0 Å². The van der Waals surface area contributed by atoms with Gasteiger partial charge >= 0.3 is 5.97 Å². The molecule has 1 aliphatic rings. The van der Waals surface area contributed by atoms with Crippen LogP contribution in [0.15, 0.2) is 18.2 Å². The molecule has 0 aliphatic heterocycles. The normalized spacial score (nSPS) is 22.5. The molecule has 1 atom stereocenters. The second kappa shape index (κ2) is 5.63. The second-order valence-electron chi connectivity index (χ2n) is 4.96. The van der Waals surface area contributed by atoms with E-state index in [0.29, 0.717) is 0 Å². The minimum Gasteiger partial charge on any atom is -0.455 e. The molecule has 1 aliphatic carbocycles. The number of esters is 1. The van der Waals surface area contributed by atoms with Crippen molar-refractivity contribution in [3.63, 3.8) is 0 Å². The van der Waals surface area contributed by atoms with Crippen LogP contribution in [-0.2, 0) is 14.3 Å². The quantitative estimate of drug-likeness (QED) is 0.664. The number of halogens is 4. The van der Waals surface area contributed by atoms with Crippen molar-refractivity contribution in [3.8, 4) is 0 Å². The van der Waals surface area contributed by atoms with Crippen LogP contribution in [0.4, 0.5) is 10.1 Å². The number of carbonyl (C=O) groups excluding carboxylic acids is 2. The van der Waals surface area contributed by atoms with E-state index < -0.39 is 34.0 Å². The molecule has 21 heavy (non-hydrogen) atoms. The maximum Gasteiger partial charge on any atom is 0.315 e. The number of alkyl halides is 2. The first kappa shape index (κ1) is 16.3. The van der Waals surface area contributed by atoms with Gasteiger partial charge < -0.3 is 10.1 Å². The van der Waals surface area contributed by atoms with Crippen LogP contribution < -0.4 is 5.32 Å². The third-order valence-electron chi connectivity index (χ3n) is 3.25. The Morgan fingerprint density at radius 1 is 1.43 bits per heavy atom. The lowest BCUT2D eigenvalue weighted by Crippen LogP contribution is -2.26. The summed E-state index contributed by atoms with van der Waals surface area (Å²) in [6.07, 6.45) is 0.271. The zero-order valence-corrected chi connectivity index (χ0v) is 13.2. The summed E-state index contributed by atoms with van der Waals surface area (Å²) in [5, 5.41) is 2.45. The molecule has 1 aromatic rings. The molecule has 1 amide bonds. The lowest BCUT2D eigenvalue weighted by molar-refractivity contribution is -0.152. The van der Waals surface area contributed by atoms with Crippen LogP contribution in [0.3, 0.4) is 0 Å². The molecule has 0 saturated heterocycles. The van der Waals surface area contributed by atoms with Crippen LogP contribution in [0.1, 0.15) is 13.3 Å². The fraction of sp³-hybridized carbons (Fsp3) is 0.385. The van der Waals surface area contributed by atoms with Crippen molar-refractivity contribution in [2.75, 3.05) is 11.9 Å². The number of amides is 1. The van der Waals surface area contributed by atoms with Crippen molar-refractivity contribution in [2.24, 2.45) is 5.41 Å². The molecule has 0 heterocycles. The van der Waals surface area contributed by atoms with Gasteiger partial charge in [-0.2, -0.15) is 0 Å². The molecule has 114 valence electrons. The van der Waals surface area contributed by atoms with Gasteiger partial charge in [0, 0.05) is 6.42 Å². The molecule has 0 bridgehead atoms. The van der Waals surface area contributed by atoms with Crippen molar-refractivity contribution >= 4 is 52.4 Å². The molecule has 1 unspecified atom stereocenters. The molecule has 0 aromatic heterocycles. The van der Waals surface area contributed by atoms with Gasteiger partial charge in [0.1, 0.15) is 15.6 Å². The molecule has 1 N–H and O–H groups in total. The lowest BCUT2D eigenvalue weighted by Gasteiger charge is -2.12. The van der Waals surface area contributed by atoms with Crippen LogP contribution in [0.5, 0.6) is 0 Å². The summed E-state index contributed by atoms with van der Waals surface area (Å²) < 4.78 is 16.6. The van der Waals surface area contributed by atoms with Crippen LogP contribution in [0.25, 0.3) is 0 Å². The van der Waals surface area contributed by atoms with Gasteiger partial charge in [-0.1, -0.05) is 11.6 Å². The van der Waals surface area contributed by atoms with Gasteiger partial charge in [0.05, 0.1) is 10.7 Å². The summed E-state index contributed by atoms with van der Waals surface area (Å²) in [5.74, 6) is -1.77. The fourth-order valence-electron chi connectivity index (χ4n) is 1.69. The average Bonchev–Trinajstić information content (AvgIpc) is 2.90. The first-order valence-electron chi connectivity index (χ1n) is 5.96.